The van der Waals surface area contributed by atoms with E-state index in [0.717, 1.165) is 21.2 Å². The van der Waals surface area contributed by atoms with Gasteiger partial charge >= 0.3 is 0 Å². The van der Waals surface area contributed by atoms with Crippen molar-refractivity contribution in [1.82, 2.24) is 4.98 Å². The Morgan fingerprint density at radius 2 is 2.06 bits per heavy atom. The molecule has 0 amide bonds. The van der Waals surface area contributed by atoms with Crippen LogP contribution in [0.1, 0.15) is 5.56 Å². The number of hydrogen-bond acceptors (Lipinski definition) is 3. The number of rotatable bonds is 2. The third-order valence-electron chi connectivity index (χ3n) is 2.51. The molecule has 0 atom stereocenters. The molecule has 0 saturated heterocycles. The van der Waals surface area contributed by atoms with Crippen LogP contribution in [0.3, 0.4) is 0 Å². The smallest absolute Gasteiger partial charge is 0.192 e. The van der Waals surface area contributed by atoms with Crippen LogP contribution in [0.4, 0.5) is 5.82 Å². The maximum absolute atomic E-state index is 5.41. The van der Waals surface area contributed by atoms with Crippen LogP contribution in [-0.4, -0.2) is 17.2 Å². The minimum absolute atomic E-state index is 0.0252. The Balaban J connectivity index is 2.76. The van der Waals surface area contributed by atoms with Gasteiger partial charge in [-0.2, -0.15) is 4.99 Å². The molecule has 2 aromatic rings. The molecule has 4 nitrogen and oxygen atoms in total. The van der Waals surface area contributed by atoms with Crippen LogP contribution in [0.25, 0.3) is 10.8 Å². The summed E-state index contributed by atoms with van der Waals surface area (Å²) in [5, 5.41) is 2.10. The Morgan fingerprint density at radius 1 is 1.29 bits per heavy atom. The molecular formula is C12H14N4S. The molecule has 1 aromatic heterocycles. The Kier molecular flexibility index (Phi) is 3.19. The fraction of sp³-hybridized carbons (Fsp3) is 0.167. The molecule has 0 saturated carbocycles. The third-order valence-corrected chi connectivity index (χ3v) is 3.23. The van der Waals surface area contributed by atoms with Crippen molar-refractivity contribution in [3.8, 4) is 0 Å². The molecule has 88 valence electrons. The second kappa shape index (κ2) is 4.63. The number of nitrogens with zero attached hydrogens (tertiary/aromatic N) is 2. The van der Waals surface area contributed by atoms with Crippen molar-refractivity contribution in [1.29, 1.82) is 0 Å². The van der Waals surface area contributed by atoms with E-state index in [1.807, 2.05) is 13.2 Å². The fourth-order valence-corrected chi connectivity index (χ4v) is 2.13. The highest BCUT2D eigenvalue weighted by atomic mass is 32.2. The Bertz CT molecular complexity index is 588. The summed E-state index contributed by atoms with van der Waals surface area (Å²) < 4.78 is 0. The first-order valence-electron chi connectivity index (χ1n) is 5.15. The second-order valence-corrected chi connectivity index (χ2v) is 4.59. The maximum atomic E-state index is 5.41. The predicted octanol–water partition coefficient (Wildman–Crippen LogP) is 2.17. The van der Waals surface area contributed by atoms with Gasteiger partial charge in [-0.05, 0) is 36.3 Å². The molecule has 0 bridgehead atoms. The number of benzene rings is 1. The molecule has 1 aromatic carbocycles. The molecule has 0 aliphatic rings. The number of guanidine groups is 1. The second-order valence-electron chi connectivity index (χ2n) is 3.71. The molecule has 0 radical (unpaired) electrons. The van der Waals surface area contributed by atoms with Crippen LogP contribution in [0.15, 0.2) is 34.3 Å². The van der Waals surface area contributed by atoms with Crippen LogP contribution in [-0.2, 0) is 0 Å². The van der Waals surface area contributed by atoms with E-state index in [0.29, 0.717) is 5.82 Å². The van der Waals surface area contributed by atoms with Gasteiger partial charge in [-0.25, -0.2) is 4.98 Å². The summed E-state index contributed by atoms with van der Waals surface area (Å²) in [6, 6.07) is 6.21. The Hall–Kier alpha value is -1.75. The number of aromatic nitrogens is 1. The molecule has 1 heterocycles. The zero-order valence-electron chi connectivity index (χ0n) is 9.77. The first kappa shape index (κ1) is 11.7. The van der Waals surface area contributed by atoms with Gasteiger partial charge in [0.2, 0.25) is 0 Å². The monoisotopic (exact) mass is 246 g/mol. The maximum Gasteiger partial charge on any atom is 0.192 e. The van der Waals surface area contributed by atoms with E-state index in [1.54, 1.807) is 18.0 Å². The lowest BCUT2D eigenvalue weighted by atomic mass is 10.1. The van der Waals surface area contributed by atoms with Crippen LogP contribution in [0.5, 0.6) is 0 Å². The molecule has 0 unspecified atom stereocenters. The molecule has 17 heavy (non-hydrogen) atoms. The van der Waals surface area contributed by atoms with Crippen molar-refractivity contribution < 1.29 is 0 Å². The number of aliphatic imine (C=N–C) groups is 1. The minimum Gasteiger partial charge on any atom is -0.370 e. The third kappa shape index (κ3) is 2.34. The van der Waals surface area contributed by atoms with E-state index in [4.69, 9.17) is 11.5 Å². The molecule has 0 aliphatic heterocycles. The molecule has 0 aliphatic carbocycles. The topological polar surface area (TPSA) is 77.3 Å². The molecule has 0 fully saturated rings. The van der Waals surface area contributed by atoms with Gasteiger partial charge in [0.15, 0.2) is 11.8 Å². The van der Waals surface area contributed by atoms with E-state index in [1.165, 1.54) is 0 Å². The quantitative estimate of drug-likeness (QED) is 0.483. The first-order valence-corrected chi connectivity index (χ1v) is 6.37. The van der Waals surface area contributed by atoms with Crippen LogP contribution in [0, 0.1) is 6.92 Å². The largest absolute Gasteiger partial charge is 0.370 e. The van der Waals surface area contributed by atoms with Crippen molar-refractivity contribution in [2.24, 2.45) is 16.5 Å². The van der Waals surface area contributed by atoms with Gasteiger partial charge in [0.25, 0.3) is 0 Å². The van der Waals surface area contributed by atoms with Crippen molar-refractivity contribution >= 4 is 34.3 Å². The summed E-state index contributed by atoms with van der Waals surface area (Å²) in [5.74, 6) is 0.596. The number of thioether (sulfide) groups is 1. The summed E-state index contributed by atoms with van der Waals surface area (Å²) in [4.78, 5) is 9.49. The van der Waals surface area contributed by atoms with Gasteiger partial charge in [-0.1, -0.05) is 6.07 Å². The first-order chi connectivity index (χ1) is 8.11. The van der Waals surface area contributed by atoms with Crippen molar-refractivity contribution in [2.45, 2.75) is 11.8 Å². The fourth-order valence-electron chi connectivity index (χ4n) is 1.69. The van der Waals surface area contributed by atoms with E-state index in [2.05, 4.69) is 28.2 Å². The number of pyridine rings is 1. The van der Waals surface area contributed by atoms with Gasteiger partial charge in [0, 0.05) is 16.5 Å². The highest BCUT2D eigenvalue weighted by Gasteiger charge is 2.05. The van der Waals surface area contributed by atoms with E-state index in [-0.39, 0.29) is 5.96 Å². The number of aryl methyl sites for hydroxylation is 1. The lowest BCUT2D eigenvalue weighted by Crippen LogP contribution is -2.22. The Morgan fingerprint density at radius 3 is 2.71 bits per heavy atom. The average Bonchev–Trinajstić information content (AvgIpc) is 2.32. The highest BCUT2D eigenvalue weighted by Crippen LogP contribution is 2.29. The average molecular weight is 246 g/mol. The van der Waals surface area contributed by atoms with Gasteiger partial charge < -0.3 is 11.5 Å². The van der Waals surface area contributed by atoms with Crippen LogP contribution in [0.2, 0.25) is 0 Å². The van der Waals surface area contributed by atoms with Crippen molar-refractivity contribution in [3.05, 3.63) is 30.0 Å². The predicted molar refractivity (Wildman–Crippen MR) is 73.7 cm³/mol. The van der Waals surface area contributed by atoms with Crippen molar-refractivity contribution in [3.63, 3.8) is 0 Å². The normalized spacial score (nSPS) is 10.5. The minimum atomic E-state index is 0.0252. The van der Waals surface area contributed by atoms with E-state index < -0.39 is 0 Å². The molecular weight excluding hydrogens is 232 g/mol. The molecule has 2 rings (SSSR count). The SMILES string of the molecule is CSc1ccc2c(C)cnc(N=C(N)N)c2c1. The number of fused-ring (bicyclic) bond motifs is 1. The summed E-state index contributed by atoms with van der Waals surface area (Å²) in [6.07, 6.45) is 3.81. The van der Waals surface area contributed by atoms with Gasteiger partial charge in [0.1, 0.15) is 0 Å². The van der Waals surface area contributed by atoms with Crippen LogP contribution < -0.4 is 11.5 Å². The van der Waals surface area contributed by atoms with Gasteiger partial charge in [-0.3, -0.25) is 0 Å². The van der Waals surface area contributed by atoms with Crippen LogP contribution >= 0.6 is 11.8 Å². The number of nitrogens with two attached hydrogens (primary N) is 2. The highest BCUT2D eigenvalue weighted by molar-refractivity contribution is 7.98. The lowest BCUT2D eigenvalue weighted by molar-refractivity contribution is 1.25. The zero-order chi connectivity index (χ0) is 12.4. The standard InChI is InChI=1S/C12H14N4S/c1-7-6-15-11(16-12(13)14)10-5-8(17-2)3-4-9(7)10/h3-6H,1-2H3,(H4,13,14,15,16). The van der Waals surface area contributed by atoms with E-state index >= 15 is 0 Å². The molecule has 5 heteroatoms. The van der Waals surface area contributed by atoms with Crippen molar-refractivity contribution in [2.75, 3.05) is 6.26 Å². The zero-order valence-corrected chi connectivity index (χ0v) is 10.6. The van der Waals surface area contributed by atoms with Gasteiger partial charge in [-0.15, -0.1) is 11.8 Å². The summed E-state index contributed by atoms with van der Waals surface area (Å²) in [5.41, 5.74) is 11.9. The summed E-state index contributed by atoms with van der Waals surface area (Å²) >= 11 is 1.68. The molecule has 4 N–H and O–H groups in total. The lowest BCUT2D eigenvalue weighted by Gasteiger charge is -2.06. The molecule has 0 spiro atoms. The Labute approximate surface area is 104 Å². The summed E-state index contributed by atoms with van der Waals surface area (Å²) in [7, 11) is 0. The number of hydrogen-bond donors (Lipinski definition) is 2. The summed E-state index contributed by atoms with van der Waals surface area (Å²) in [6.45, 7) is 2.02. The van der Waals surface area contributed by atoms with E-state index in [9.17, 15) is 0 Å². The van der Waals surface area contributed by atoms with Gasteiger partial charge in [0.05, 0.1) is 0 Å².